The molecule has 0 spiro atoms. The number of halogens is 1. The van der Waals surface area contributed by atoms with Gasteiger partial charge in [0.05, 0.1) is 4.92 Å². The molecule has 0 heterocycles. The molecule has 1 rings (SSSR count). The summed E-state index contributed by atoms with van der Waals surface area (Å²) in [6.07, 6.45) is 0.570. The Morgan fingerprint density at radius 1 is 1.50 bits per heavy atom. The molecule has 1 aromatic carbocycles. The van der Waals surface area contributed by atoms with Crippen molar-refractivity contribution >= 4 is 34.0 Å². The Bertz CT molecular complexity index is 424. The first-order valence-electron chi connectivity index (χ1n) is 5.77. The number of anilines is 1. The maximum Gasteiger partial charge on any atom is 0.293 e. The van der Waals surface area contributed by atoms with Crippen LogP contribution in [-0.2, 0) is 0 Å². The second-order valence-electron chi connectivity index (χ2n) is 4.43. The van der Waals surface area contributed by atoms with E-state index in [2.05, 4.69) is 5.32 Å². The molecule has 5 nitrogen and oxygen atoms in total. The smallest absolute Gasteiger partial charge is 0.293 e. The van der Waals surface area contributed by atoms with Crippen molar-refractivity contribution in [2.75, 3.05) is 11.9 Å². The van der Waals surface area contributed by atoms with E-state index < -0.39 is 0 Å². The van der Waals surface area contributed by atoms with Gasteiger partial charge in [-0.15, -0.1) is 0 Å². The van der Waals surface area contributed by atoms with E-state index in [0.29, 0.717) is 12.1 Å². The predicted molar refractivity (Wildman–Crippen MR) is 79.8 cm³/mol. The van der Waals surface area contributed by atoms with Crippen molar-refractivity contribution in [3.05, 3.63) is 31.9 Å². The van der Waals surface area contributed by atoms with Gasteiger partial charge in [0.1, 0.15) is 5.69 Å². The summed E-state index contributed by atoms with van der Waals surface area (Å²) in [5.74, 6) is 0.288. The lowest BCUT2D eigenvalue weighted by Crippen LogP contribution is -2.27. The number of nitro benzene ring substituents is 1. The zero-order valence-electron chi connectivity index (χ0n) is 10.4. The Morgan fingerprint density at radius 2 is 2.17 bits per heavy atom. The van der Waals surface area contributed by atoms with Crippen LogP contribution >= 0.6 is 22.6 Å². The van der Waals surface area contributed by atoms with Gasteiger partial charge in [-0.2, -0.15) is 0 Å². The normalized spacial score (nSPS) is 12.5. The van der Waals surface area contributed by atoms with Crippen LogP contribution in [0.2, 0.25) is 0 Å². The first kappa shape index (κ1) is 15.2. The van der Waals surface area contributed by atoms with Gasteiger partial charge in [-0.1, -0.05) is 13.8 Å². The Balaban J connectivity index is 2.98. The minimum Gasteiger partial charge on any atom is -0.396 e. The first-order valence-corrected chi connectivity index (χ1v) is 6.85. The SMILES string of the molecule is CC(C)C(CCO)Nc1ccc(I)cc1[N+](=O)[O-]. The van der Waals surface area contributed by atoms with Crippen LogP contribution in [0.3, 0.4) is 0 Å². The van der Waals surface area contributed by atoms with Crippen molar-refractivity contribution in [2.45, 2.75) is 26.3 Å². The fourth-order valence-corrected chi connectivity index (χ4v) is 2.16. The number of aliphatic hydroxyl groups is 1. The van der Waals surface area contributed by atoms with E-state index in [4.69, 9.17) is 5.11 Å². The summed E-state index contributed by atoms with van der Waals surface area (Å²) in [6.45, 7) is 4.10. The lowest BCUT2D eigenvalue weighted by atomic mass is 10.0. The summed E-state index contributed by atoms with van der Waals surface area (Å²) in [7, 11) is 0. The molecule has 0 bridgehead atoms. The standard InChI is InChI=1S/C12H17IN2O3/c1-8(2)10(5-6-16)14-11-4-3-9(13)7-12(11)15(17)18/h3-4,7-8,10,14,16H,5-6H2,1-2H3. The molecule has 18 heavy (non-hydrogen) atoms. The molecule has 0 aliphatic carbocycles. The largest absolute Gasteiger partial charge is 0.396 e. The highest BCUT2D eigenvalue weighted by atomic mass is 127. The molecule has 0 amide bonds. The maximum absolute atomic E-state index is 11.0. The summed E-state index contributed by atoms with van der Waals surface area (Å²) >= 11 is 2.05. The number of rotatable bonds is 6. The van der Waals surface area contributed by atoms with E-state index in [1.807, 2.05) is 42.5 Å². The van der Waals surface area contributed by atoms with Crippen LogP contribution in [0.15, 0.2) is 18.2 Å². The topological polar surface area (TPSA) is 75.4 Å². The third-order valence-corrected chi connectivity index (χ3v) is 3.41. The summed E-state index contributed by atoms with van der Waals surface area (Å²) in [4.78, 5) is 10.6. The number of aliphatic hydroxyl groups excluding tert-OH is 1. The van der Waals surface area contributed by atoms with Crippen molar-refractivity contribution in [2.24, 2.45) is 5.92 Å². The van der Waals surface area contributed by atoms with E-state index in [1.54, 1.807) is 12.1 Å². The monoisotopic (exact) mass is 364 g/mol. The van der Waals surface area contributed by atoms with Crippen LogP contribution in [0.4, 0.5) is 11.4 Å². The first-order chi connectivity index (χ1) is 8.45. The lowest BCUT2D eigenvalue weighted by molar-refractivity contribution is -0.384. The summed E-state index contributed by atoms with van der Waals surface area (Å²) in [5.41, 5.74) is 0.582. The van der Waals surface area contributed by atoms with E-state index >= 15 is 0 Å². The van der Waals surface area contributed by atoms with Crippen LogP contribution in [0, 0.1) is 19.6 Å². The van der Waals surface area contributed by atoms with Crippen LogP contribution in [0.5, 0.6) is 0 Å². The van der Waals surface area contributed by atoms with E-state index in [9.17, 15) is 10.1 Å². The summed E-state index contributed by atoms with van der Waals surface area (Å²) < 4.78 is 0.827. The molecular weight excluding hydrogens is 347 g/mol. The van der Waals surface area contributed by atoms with Crippen molar-refractivity contribution in [1.29, 1.82) is 0 Å². The average Bonchev–Trinajstić information content (AvgIpc) is 2.30. The Kier molecular flexibility index (Phi) is 5.80. The number of nitrogens with zero attached hydrogens (tertiary/aromatic N) is 1. The molecule has 0 aliphatic heterocycles. The van der Waals surface area contributed by atoms with Crippen molar-refractivity contribution in [3.63, 3.8) is 0 Å². The fourth-order valence-electron chi connectivity index (χ4n) is 1.69. The molecule has 1 atom stereocenters. The average molecular weight is 364 g/mol. The highest BCUT2D eigenvalue weighted by molar-refractivity contribution is 14.1. The molecule has 2 N–H and O–H groups in total. The zero-order chi connectivity index (χ0) is 13.7. The van der Waals surface area contributed by atoms with E-state index in [-0.39, 0.29) is 29.2 Å². The Morgan fingerprint density at radius 3 is 2.67 bits per heavy atom. The van der Waals surface area contributed by atoms with Crippen LogP contribution in [-0.4, -0.2) is 22.7 Å². The Hall–Kier alpha value is -0.890. The van der Waals surface area contributed by atoms with Gasteiger partial charge in [0.25, 0.3) is 5.69 Å². The summed E-state index contributed by atoms with van der Waals surface area (Å²) in [5, 5.41) is 23.2. The van der Waals surface area contributed by atoms with Gasteiger partial charge in [0.15, 0.2) is 0 Å². The lowest BCUT2D eigenvalue weighted by Gasteiger charge is -2.22. The minimum absolute atomic E-state index is 0.0220. The van der Waals surface area contributed by atoms with Gasteiger partial charge in [0.2, 0.25) is 0 Å². The van der Waals surface area contributed by atoms with Crippen LogP contribution in [0.25, 0.3) is 0 Å². The molecule has 1 aromatic rings. The van der Waals surface area contributed by atoms with E-state index in [0.717, 1.165) is 3.57 Å². The third-order valence-electron chi connectivity index (χ3n) is 2.74. The van der Waals surface area contributed by atoms with Crippen molar-refractivity contribution in [1.82, 2.24) is 0 Å². The molecule has 0 radical (unpaired) electrons. The van der Waals surface area contributed by atoms with Crippen LogP contribution < -0.4 is 5.32 Å². The molecule has 0 aliphatic rings. The molecule has 6 heteroatoms. The second-order valence-corrected chi connectivity index (χ2v) is 5.67. The molecule has 0 saturated heterocycles. The minimum atomic E-state index is -0.388. The van der Waals surface area contributed by atoms with Gasteiger partial charge in [-0.05, 0) is 47.1 Å². The molecule has 0 fully saturated rings. The number of hydrogen-bond acceptors (Lipinski definition) is 4. The summed E-state index contributed by atoms with van der Waals surface area (Å²) in [6, 6.07) is 5.10. The maximum atomic E-state index is 11.0. The van der Waals surface area contributed by atoms with E-state index in [1.165, 1.54) is 0 Å². The molecule has 0 saturated carbocycles. The highest BCUT2D eigenvalue weighted by Gasteiger charge is 2.19. The van der Waals surface area contributed by atoms with Gasteiger partial charge in [-0.3, -0.25) is 10.1 Å². The van der Waals surface area contributed by atoms with Gasteiger partial charge in [0, 0.05) is 22.3 Å². The quantitative estimate of drug-likeness (QED) is 0.462. The molecule has 100 valence electrons. The zero-order valence-corrected chi connectivity index (χ0v) is 12.5. The number of nitro groups is 1. The predicted octanol–water partition coefficient (Wildman–Crippen LogP) is 3.02. The third kappa shape index (κ3) is 4.09. The van der Waals surface area contributed by atoms with Gasteiger partial charge < -0.3 is 10.4 Å². The fraction of sp³-hybridized carbons (Fsp3) is 0.500. The Labute approximate surface area is 120 Å². The van der Waals surface area contributed by atoms with Crippen molar-refractivity contribution in [3.8, 4) is 0 Å². The number of hydrogen-bond donors (Lipinski definition) is 2. The van der Waals surface area contributed by atoms with Gasteiger partial charge in [-0.25, -0.2) is 0 Å². The second kappa shape index (κ2) is 6.89. The number of benzene rings is 1. The molecular formula is C12H17IN2O3. The highest BCUT2D eigenvalue weighted by Crippen LogP contribution is 2.28. The van der Waals surface area contributed by atoms with Gasteiger partial charge >= 0.3 is 0 Å². The molecule has 1 unspecified atom stereocenters. The number of nitrogens with one attached hydrogen (secondary N) is 1. The van der Waals surface area contributed by atoms with Crippen LogP contribution in [0.1, 0.15) is 20.3 Å². The molecule has 0 aromatic heterocycles. The van der Waals surface area contributed by atoms with Crippen molar-refractivity contribution < 1.29 is 10.0 Å².